The normalized spacial score (nSPS) is 12.6. The van der Waals surface area contributed by atoms with Gasteiger partial charge in [-0.2, -0.15) is 0 Å². The van der Waals surface area contributed by atoms with Gasteiger partial charge in [0.25, 0.3) is 0 Å². The van der Waals surface area contributed by atoms with Crippen LogP contribution in [-0.4, -0.2) is 37.1 Å². The topological polar surface area (TPSA) is 97.6 Å². The van der Waals surface area contributed by atoms with E-state index in [1.807, 2.05) is 0 Å². The number of rotatable bonds is 6. The average Bonchev–Trinajstić information content (AvgIpc) is 2.53. The molecule has 0 amide bonds. The van der Waals surface area contributed by atoms with E-state index in [2.05, 4.69) is 0 Å². The Bertz CT molecular complexity index is 924. The standard InChI is InChI=1S/C16H18N2O5S2/c1-17(11-12-7-9-13(10-8-12)24(2)21)14-5-4-6-15(25(3,22)23)16(14)18(19)20/h4-10H,11H2,1-3H3. The summed E-state index contributed by atoms with van der Waals surface area (Å²) in [5, 5.41) is 11.4. The van der Waals surface area contributed by atoms with Crippen molar-refractivity contribution in [3.63, 3.8) is 0 Å². The first-order valence-corrected chi connectivity index (χ1v) is 10.7. The quantitative estimate of drug-likeness (QED) is 0.562. The lowest BCUT2D eigenvalue weighted by Gasteiger charge is -2.20. The van der Waals surface area contributed by atoms with E-state index < -0.39 is 31.2 Å². The summed E-state index contributed by atoms with van der Waals surface area (Å²) in [6.45, 7) is 0.338. The fraction of sp³-hybridized carbons (Fsp3) is 0.250. The maximum atomic E-state index is 11.8. The Balaban J connectivity index is 2.40. The lowest BCUT2D eigenvalue weighted by molar-refractivity contribution is -0.387. The number of nitro groups is 1. The third-order valence-electron chi connectivity index (χ3n) is 3.65. The van der Waals surface area contributed by atoms with Crippen LogP contribution in [0.1, 0.15) is 5.56 Å². The number of benzene rings is 2. The molecule has 0 saturated carbocycles. The number of nitrogens with zero attached hydrogens (tertiary/aromatic N) is 2. The van der Waals surface area contributed by atoms with Crippen LogP contribution < -0.4 is 4.90 Å². The zero-order valence-corrected chi connectivity index (χ0v) is 15.6. The van der Waals surface area contributed by atoms with Crippen molar-refractivity contribution in [3.05, 3.63) is 58.1 Å². The van der Waals surface area contributed by atoms with Gasteiger partial charge in [0.1, 0.15) is 10.6 Å². The first-order valence-electron chi connectivity index (χ1n) is 7.22. The highest BCUT2D eigenvalue weighted by atomic mass is 32.2. The second-order valence-electron chi connectivity index (χ2n) is 5.61. The molecule has 0 aliphatic rings. The van der Waals surface area contributed by atoms with Crippen LogP contribution in [0.2, 0.25) is 0 Å². The molecule has 0 fully saturated rings. The van der Waals surface area contributed by atoms with Crippen molar-refractivity contribution >= 4 is 32.0 Å². The molecular formula is C16H18N2O5S2. The molecule has 0 bridgehead atoms. The maximum Gasteiger partial charge on any atom is 0.311 e. The fourth-order valence-electron chi connectivity index (χ4n) is 2.45. The second-order valence-corrected chi connectivity index (χ2v) is 8.97. The van der Waals surface area contributed by atoms with Crippen LogP contribution in [0.4, 0.5) is 11.4 Å². The predicted molar refractivity (Wildman–Crippen MR) is 97.1 cm³/mol. The second kappa shape index (κ2) is 7.32. The number of hydrogen-bond acceptors (Lipinski definition) is 6. The van der Waals surface area contributed by atoms with Crippen molar-refractivity contribution in [3.8, 4) is 0 Å². The molecule has 1 unspecified atom stereocenters. The zero-order valence-electron chi connectivity index (χ0n) is 14.0. The molecule has 2 aromatic carbocycles. The van der Waals surface area contributed by atoms with E-state index in [-0.39, 0.29) is 10.6 Å². The summed E-state index contributed by atoms with van der Waals surface area (Å²) in [4.78, 5) is 12.8. The van der Waals surface area contributed by atoms with Gasteiger partial charge in [0.15, 0.2) is 9.84 Å². The van der Waals surface area contributed by atoms with Crippen molar-refractivity contribution in [1.82, 2.24) is 0 Å². The SMILES string of the molecule is CN(Cc1ccc(S(C)=O)cc1)c1cccc(S(C)(=O)=O)c1[N+](=O)[O-]. The third kappa shape index (κ3) is 4.43. The van der Waals surface area contributed by atoms with Crippen LogP contribution in [0.3, 0.4) is 0 Å². The Hall–Kier alpha value is -2.26. The van der Waals surface area contributed by atoms with E-state index in [0.29, 0.717) is 11.4 Å². The zero-order chi connectivity index (χ0) is 18.8. The maximum absolute atomic E-state index is 11.8. The van der Waals surface area contributed by atoms with E-state index >= 15 is 0 Å². The largest absolute Gasteiger partial charge is 0.365 e. The summed E-state index contributed by atoms with van der Waals surface area (Å²) >= 11 is 0. The van der Waals surface area contributed by atoms with Gasteiger partial charge < -0.3 is 4.90 Å². The summed E-state index contributed by atoms with van der Waals surface area (Å²) in [5.74, 6) is 0. The van der Waals surface area contributed by atoms with Gasteiger partial charge in [-0.25, -0.2) is 8.42 Å². The molecule has 0 saturated heterocycles. The highest BCUT2D eigenvalue weighted by Gasteiger charge is 2.27. The molecule has 2 rings (SSSR count). The molecule has 1 atom stereocenters. The van der Waals surface area contributed by atoms with Crippen LogP contribution in [-0.2, 0) is 27.2 Å². The molecule has 0 N–H and O–H groups in total. The molecule has 0 aliphatic heterocycles. The minimum Gasteiger partial charge on any atom is -0.365 e. The predicted octanol–water partition coefficient (Wildman–Crippen LogP) is 2.37. The highest BCUT2D eigenvalue weighted by molar-refractivity contribution is 7.90. The van der Waals surface area contributed by atoms with E-state index in [1.54, 1.807) is 42.5 Å². The summed E-state index contributed by atoms with van der Waals surface area (Å²) in [6.07, 6.45) is 2.53. The van der Waals surface area contributed by atoms with Gasteiger partial charge in [-0.05, 0) is 29.8 Å². The van der Waals surface area contributed by atoms with Gasteiger partial charge in [0, 0.05) is 41.8 Å². The first kappa shape index (κ1) is 19.1. The van der Waals surface area contributed by atoms with Crippen molar-refractivity contribution in [2.75, 3.05) is 24.5 Å². The van der Waals surface area contributed by atoms with Gasteiger partial charge in [-0.15, -0.1) is 0 Å². The Morgan fingerprint density at radius 3 is 2.24 bits per heavy atom. The molecule has 25 heavy (non-hydrogen) atoms. The molecule has 0 aliphatic carbocycles. The van der Waals surface area contributed by atoms with Crippen molar-refractivity contribution in [1.29, 1.82) is 0 Å². The number of nitro benzene ring substituents is 1. The van der Waals surface area contributed by atoms with Crippen LogP contribution in [0.5, 0.6) is 0 Å². The molecule has 0 spiro atoms. The minimum atomic E-state index is -3.72. The Morgan fingerprint density at radius 1 is 1.16 bits per heavy atom. The van der Waals surface area contributed by atoms with Crippen molar-refractivity contribution in [2.45, 2.75) is 16.3 Å². The molecule has 0 aromatic heterocycles. The molecule has 0 heterocycles. The van der Waals surface area contributed by atoms with Gasteiger partial charge >= 0.3 is 5.69 Å². The van der Waals surface area contributed by atoms with Gasteiger partial charge in [-0.1, -0.05) is 18.2 Å². The summed E-state index contributed by atoms with van der Waals surface area (Å²) in [5.41, 5.74) is 0.644. The molecule has 2 aromatic rings. The summed E-state index contributed by atoms with van der Waals surface area (Å²) in [7, 11) is -3.15. The highest BCUT2D eigenvalue weighted by Crippen LogP contribution is 2.34. The number of hydrogen-bond donors (Lipinski definition) is 0. The Labute approximate surface area is 148 Å². The summed E-state index contributed by atoms with van der Waals surface area (Å²) in [6, 6.07) is 11.3. The van der Waals surface area contributed by atoms with E-state index in [1.165, 1.54) is 18.2 Å². The molecular weight excluding hydrogens is 364 g/mol. The number of anilines is 1. The summed E-state index contributed by atoms with van der Waals surface area (Å²) < 4.78 is 35.1. The Morgan fingerprint density at radius 2 is 1.76 bits per heavy atom. The van der Waals surface area contributed by atoms with E-state index in [4.69, 9.17) is 0 Å². The lowest BCUT2D eigenvalue weighted by atomic mass is 10.2. The number of para-hydroxylation sites is 1. The van der Waals surface area contributed by atoms with Crippen LogP contribution >= 0.6 is 0 Å². The molecule has 9 heteroatoms. The van der Waals surface area contributed by atoms with Crippen LogP contribution in [0, 0.1) is 10.1 Å². The Kier molecular flexibility index (Phi) is 5.58. The first-order chi connectivity index (χ1) is 11.6. The lowest BCUT2D eigenvalue weighted by Crippen LogP contribution is -2.19. The van der Waals surface area contributed by atoms with Crippen LogP contribution in [0.15, 0.2) is 52.3 Å². The molecule has 7 nitrogen and oxygen atoms in total. The van der Waals surface area contributed by atoms with Gasteiger partial charge in [0.2, 0.25) is 0 Å². The van der Waals surface area contributed by atoms with Crippen LogP contribution in [0.25, 0.3) is 0 Å². The number of sulfone groups is 1. The molecule has 134 valence electrons. The van der Waals surface area contributed by atoms with Gasteiger partial charge in [0.05, 0.1) is 4.92 Å². The monoisotopic (exact) mass is 382 g/mol. The van der Waals surface area contributed by atoms with E-state index in [9.17, 15) is 22.7 Å². The van der Waals surface area contributed by atoms with E-state index in [0.717, 1.165) is 11.8 Å². The fourth-order valence-corrected chi connectivity index (χ4v) is 3.82. The average molecular weight is 382 g/mol. The van der Waals surface area contributed by atoms with Crippen molar-refractivity contribution < 1.29 is 17.6 Å². The molecule has 0 radical (unpaired) electrons. The van der Waals surface area contributed by atoms with Gasteiger partial charge in [-0.3, -0.25) is 14.3 Å². The minimum absolute atomic E-state index is 0.219. The smallest absolute Gasteiger partial charge is 0.311 e. The van der Waals surface area contributed by atoms with Crippen molar-refractivity contribution in [2.24, 2.45) is 0 Å². The third-order valence-corrected chi connectivity index (χ3v) is 5.71.